The highest BCUT2D eigenvalue weighted by Crippen LogP contribution is 2.34. The van der Waals surface area contributed by atoms with Gasteiger partial charge in [-0.25, -0.2) is 9.18 Å². The van der Waals surface area contributed by atoms with Crippen molar-refractivity contribution in [3.05, 3.63) is 58.9 Å². The summed E-state index contributed by atoms with van der Waals surface area (Å²) in [5.74, 6) is -0.402. The summed E-state index contributed by atoms with van der Waals surface area (Å²) in [5, 5.41) is 0. The largest absolute Gasteiger partial charge is 0.465 e. The van der Waals surface area contributed by atoms with Crippen molar-refractivity contribution >= 4 is 5.97 Å². The van der Waals surface area contributed by atoms with Gasteiger partial charge in [0.1, 0.15) is 5.82 Å². The Morgan fingerprint density at radius 3 is 2.55 bits per heavy atom. The molecule has 0 radical (unpaired) electrons. The highest BCUT2D eigenvalue weighted by molar-refractivity contribution is 5.90. The third kappa shape index (κ3) is 3.19. The maximum absolute atomic E-state index is 14.2. The first-order chi connectivity index (χ1) is 10.5. The quantitative estimate of drug-likeness (QED) is 0.734. The zero-order valence-corrected chi connectivity index (χ0v) is 13.4. The number of rotatable bonds is 4. The maximum atomic E-state index is 14.2. The molecule has 2 aromatic rings. The summed E-state index contributed by atoms with van der Waals surface area (Å²) >= 11 is 0. The summed E-state index contributed by atoms with van der Waals surface area (Å²) in [7, 11) is 1.36. The number of carbonyl (C=O) groups is 1. The zero-order valence-electron chi connectivity index (χ0n) is 13.4. The Morgan fingerprint density at radius 1 is 1.18 bits per heavy atom. The SMILES string of the molecule is CCC(C)c1cc(C(=O)OC)ccc1-c1cc(C)ccc1F. The molecular formula is C19H21FO2. The van der Waals surface area contributed by atoms with Gasteiger partial charge in [-0.05, 0) is 54.7 Å². The highest BCUT2D eigenvalue weighted by Gasteiger charge is 2.17. The number of hydrogen-bond donors (Lipinski definition) is 0. The van der Waals surface area contributed by atoms with E-state index in [1.54, 1.807) is 12.1 Å². The summed E-state index contributed by atoms with van der Waals surface area (Å²) in [4.78, 5) is 11.7. The molecule has 3 heteroatoms. The van der Waals surface area contributed by atoms with Gasteiger partial charge >= 0.3 is 5.97 Å². The lowest BCUT2D eigenvalue weighted by Crippen LogP contribution is -2.05. The minimum atomic E-state index is -0.374. The third-order valence-electron chi connectivity index (χ3n) is 4.03. The van der Waals surface area contributed by atoms with E-state index in [9.17, 15) is 9.18 Å². The molecule has 0 saturated carbocycles. The smallest absolute Gasteiger partial charge is 0.337 e. The van der Waals surface area contributed by atoms with Crippen molar-refractivity contribution in [2.75, 3.05) is 7.11 Å². The zero-order chi connectivity index (χ0) is 16.3. The first-order valence-electron chi connectivity index (χ1n) is 7.46. The average Bonchev–Trinajstić information content (AvgIpc) is 2.55. The number of benzene rings is 2. The fraction of sp³-hybridized carbons (Fsp3) is 0.316. The standard InChI is InChI=1S/C19H21FO2/c1-5-13(3)16-11-14(19(21)22-4)7-8-15(16)17-10-12(2)6-9-18(17)20/h6-11,13H,5H2,1-4H3. The number of carbonyl (C=O) groups excluding carboxylic acids is 1. The topological polar surface area (TPSA) is 26.3 Å². The van der Waals surface area contributed by atoms with Crippen molar-refractivity contribution < 1.29 is 13.9 Å². The van der Waals surface area contributed by atoms with Crippen LogP contribution in [0.5, 0.6) is 0 Å². The van der Waals surface area contributed by atoms with Crippen LogP contribution in [0.2, 0.25) is 0 Å². The van der Waals surface area contributed by atoms with Gasteiger partial charge in [-0.1, -0.05) is 31.5 Å². The van der Waals surface area contributed by atoms with E-state index in [0.29, 0.717) is 11.1 Å². The minimum absolute atomic E-state index is 0.222. The fourth-order valence-corrected chi connectivity index (χ4v) is 2.53. The first-order valence-corrected chi connectivity index (χ1v) is 7.46. The molecule has 0 aliphatic rings. The second kappa shape index (κ2) is 6.73. The Hall–Kier alpha value is -2.16. The Morgan fingerprint density at radius 2 is 1.91 bits per heavy atom. The van der Waals surface area contributed by atoms with E-state index >= 15 is 0 Å². The summed E-state index contributed by atoms with van der Waals surface area (Å²) in [5.41, 5.74) is 3.88. The van der Waals surface area contributed by atoms with Crippen LogP contribution in [0, 0.1) is 12.7 Å². The summed E-state index contributed by atoms with van der Waals surface area (Å²) in [6.45, 7) is 6.09. The van der Waals surface area contributed by atoms with Crippen molar-refractivity contribution in [3.8, 4) is 11.1 Å². The van der Waals surface area contributed by atoms with Crippen LogP contribution in [0.1, 0.15) is 47.7 Å². The van der Waals surface area contributed by atoms with Gasteiger partial charge in [-0.15, -0.1) is 0 Å². The van der Waals surface area contributed by atoms with Gasteiger partial charge in [-0.3, -0.25) is 0 Å². The van der Waals surface area contributed by atoms with Gasteiger partial charge < -0.3 is 4.74 Å². The lowest BCUT2D eigenvalue weighted by atomic mass is 9.88. The molecule has 2 nitrogen and oxygen atoms in total. The van der Waals surface area contributed by atoms with Crippen molar-refractivity contribution in [1.29, 1.82) is 0 Å². The molecule has 0 spiro atoms. The molecule has 0 fully saturated rings. The lowest BCUT2D eigenvalue weighted by Gasteiger charge is -2.17. The average molecular weight is 300 g/mol. The van der Waals surface area contributed by atoms with Gasteiger partial charge in [0.2, 0.25) is 0 Å². The van der Waals surface area contributed by atoms with Gasteiger partial charge in [-0.2, -0.15) is 0 Å². The molecule has 0 aliphatic carbocycles. The Labute approximate surface area is 130 Å². The minimum Gasteiger partial charge on any atom is -0.465 e. The number of halogens is 1. The summed E-state index contributed by atoms with van der Waals surface area (Å²) in [6.07, 6.45) is 0.908. The van der Waals surface area contributed by atoms with Crippen LogP contribution in [-0.4, -0.2) is 13.1 Å². The summed E-state index contributed by atoms with van der Waals surface area (Å²) < 4.78 is 19.0. The first kappa shape index (κ1) is 16.2. The van der Waals surface area contributed by atoms with Crippen LogP contribution >= 0.6 is 0 Å². The van der Waals surface area contributed by atoms with Crippen molar-refractivity contribution in [2.24, 2.45) is 0 Å². The van der Waals surface area contributed by atoms with Gasteiger partial charge in [0.15, 0.2) is 0 Å². The molecule has 116 valence electrons. The number of aryl methyl sites for hydroxylation is 1. The van der Waals surface area contributed by atoms with Crippen molar-refractivity contribution in [1.82, 2.24) is 0 Å². The van der Waals surface area contributed by atoms with E-state index in [-0.39, 0.29) is 17.7 Å². The van der Waals surface area contributed by atoms with Gasteiger partial charge in [0.25, 0.3) is 0 Å². The molecule has 0 aromatic heterocycles. The maximum Gasteiger partial charge on any atom is 0.337 e. The number of methoxy groups -OCH3 is 1. The van der Waals surface area contributed by atoms with E-state index in [0.717, 1.165) is 23.1 Å². The molecule has 0 bridgehead atoms. The van der Waals surface area contributed by atoms with Crippen LogP contribution in [0.4, 0.5) is 4.39 Å². The number of esters is 1. The molecule has 2 aromatic carbocycles. The molecule has 0 N–H and O–H groups in total. The normalized spacial score (nSPS) is 12.0. The Balaban J connectivity index is 2.64. The predicted molar refractivity (Wildman–Crippen MR) is 86.6 cm³/mol. The van der Waals surface area contributed by atoms with Gasteiger partial charge in [0, 0.05) is 5.56 Å². The van der Waals surface area contributed by atoms with Crippen LogP contribution in [0.3, 0.4) is 0 Å². The van der Waals surface area contributed by atoms with E-state index in [1.807, 2.05) is 25.1 Å². The molecule has 0 heterocycles. The van der Waals surface area contributed by atoms with E-state index in [2.05, 4.69) is 13.8 Å². The Bertz CT molecular complexity index is 692. The van der Waals surface area contributed by atoms with E-state index in [1.165, 1.54) is 13.2 Å². The van der Waals surface area contributed by atoms with Gasteiger partial charge in [0.05, 0.1) is 12.7 Å². The van der Waals surface area contributed by atoms with E-state index < -0.39 is 0 Å². The highest BCUT2D eigenvalue weighted by atomic mass is 19.1. The lowest BCUT2D eigenvalue weighted by molar-refractivity contribution is 0.0600. The van der Waals surface area contributed by atoms with Crippen LogP contribution in [0.25, 0.3) is 11.1 Å². The molecule has 2 rings (SSSR count). The van der Waals surface area contributed by atoms with Crippen LogP contribution < -0.4 is 0 Å². The van der Waals surface area contributed by atoms with E-state index in [4.69, 9.17) is 4.74 Å². The van der Waals surface area contributed by atoms with Crippen molar-refractivity contribution in [3.63, 3.8) is 0 Å². The molecule has 0 saturated heterocycles. The fourth-order valence-electron chi connectivity index (χ4n) is 2.53. The molecule has 0 amide bonds. The predicted octanol–water partition coefficient (Wildman–Crippen LogP) is 5.10. The third-order valence-corrected chi connectivity index (χ3v) is 4.03. The molecule has 22 heavy (non-hydrogen) atoms. The molecular weight excluding hydrogens is 279 g/mol. The second-order valence-corrected chi connectivity index (χ2v) is 5.59. The molecule has 1 atom stereocenters. The summed E-state index contributed by atoms with van der Waals surface area (Å²) in [6, 6.07) is 10.4. The second-order valence-electron chi connectivity index (χ2n) is 5.59. The van der Waals surface area contributed by atoms with Crippen LogP contribution in [0.15, 0.2) is 36.4 Å². The Kier molecular flexibility index (Phi) is 4.96. The number of ether oxygens (including phenoxy) is 1. The molecule has 0 aliphatic heterocycles. The van der Waals surface area contributed by atoms with Crippen molar-refractivity contribution in [2.45, 2.75) is 33.1 Å². The van der Waals surface area contributed by atoms with Crippen LogP contribution in [-0.2, 0) is 4.74 Å². The monoisotopic (exact) mass is 300 g/mol. The number of hydrogen-bond acceptors (Lipinski definition) is 2. The molecule has 1 unspecified atom stereocenters.